The number of fused-ring (bicyclic) bond motifs is 1. The minimum Gasteiger partial charge on any atom is -0.449 e. The molecule has 3 rings (SSSR count). The number of non-ortho nitro benzene ring substituents is 1. The summed E-state index contributed by atoms with van der Waals surface area (Å²) >= 11 is 0. The summed E-state index contributed by atoms with van der Waals surface area (Å²) < 4.78 is 4.72. The number of carbonyl (C=O) groups is 1. The third-order valence-corrected chi connectivity index (χ3v) is 3.51. The van der Waals surface area contributed by atoms with Crippen molar-refractivity contribution < 1.29 is 19.6 Å². The summed E-state index contributed by atoms with van der Waals surface area (Å²) in [6.07, 6.45) is 0.532. The second-order valence-corrected chi connectivity index (χ2v) is 5.12. The fourth-order valence-electron chi connectivity index (χ4n) is 2.47. The van der Waals surface area contributed by atoms with E-state index in [1.165, 1.54) is 18.2 Å². The zero-order valence-electron chi connectivity index (χ0n) is 12.4. The SMILES string of the molecule is O=C(O)Oc1ccc([N+](=O)[O-])cc1Cc1ccc2ncccc2c1. The number of benzene rings is 2. The Bertz CT molecular complexity index is 939. The maximum atomic E-state index is 11.0. The highest BCUT2D eigenvalue weighted by Crippen LogP contribution is 2.27. The van der Waals surface area contributed by atoms with Crippen molar-refractivity contribution in [3.8, 4) is 5.75 Å². The van der Waals surface area contributed by atoms with Crippen molar-refractivity contribution in [3.05, 3.63) is 76.0 Å². The first kappa shape index (κ1) is 15.4. The topological polar surface area (TPSA) is 103 Å². The van der Waals surface area contributed by atoms with Crippen molar-refractivity contribution in [1.29, 1.82) is 0 Å². The molecule has 0 spiro atoms. The van der Waals surface area contributed by atoms with E-state index in [4.69, 9.17) is 9.84 Å². The van der Waals surface area contributed by atoms with Crippen LogP contribution in [0.15, 0.2) is 54.7 Å². The van der Waals surface area contributed by atoms with Gasteiger partial charge in [-0.15, -0.1) is 0 Å². The van der Waals surface area contributed by atoms with Gasteiger partial charge in [0.15, 0.2) is 0 Å². The molecule has 0 bridgehead atoms. The average molecular weight is 324 g/mol. The lowest BCUT2D eigenvalue weighted by atomic mass is 10.0. The highest BCUT2D eigenvalue weighted by Gasteiger charge is 2.14. The van der Waals surface area contributed by atoms with Gasteiger partial charge in [-0.25, -0.2) is 4.79 Å². The van der Waals surface area contributed by atoms with Crippen molar-refractivity contribution in [2.24, 2.45) is 0 Å². The molecule has 1 heterocycles. The number of rotatable bonds is 4. The van der Waals surface area contributed by atoms with E-state index in [2.05, 4.69) is 4.98 Å². The molecule has 1 aromatic heterocycles. The summed E-state index contributed by atoms with van der Waals surface area (Å²) in [5, 5.41) is 20.7. The maximum absolute atomic E-state index is 11.0. The Kier molecular flexibility index (Phi) is 4.07. The van der Waals surface area contributed by atoms with Gasteiger partial charge in [0.1, 0.15) is 5.75 Å². The van der Waals surface area contributed by atoms with Crippen LogP contribution in [0.1, 0.15) is 11.1 Å². The Hall–Kier alpha value is -3.48. The summed E-state index contributed by atoms with van der Waals surface area (Å²) in [7, 11) is 0. The lowest BCUT2D eigenvalue weighted by Gasteiger charge is -2.09. The number of pyridine rings is 1. The van der Waals surface area contributed by atoms with Crippen molar-refractivity contribution in [3.63, 3.8) is 0 Å². The second-order valence-electron chi connectivity index (χ2n) is 5.12. The predicted octanol–water partition coefficient (Wildman–Crippen LogP) is 3.79. The van der Waals surface area contributed by atoms with Gasteiger partial charge in [0.25, 0.3) is 5.69 Å². The number of nitro groups is 1. The maximum Gasteiger partial charge on any atom is 0.511 e. The lowest BCUT2D eigenvalue weighted by Crippen LogP contribution is -2.06. The van der Waals surface area contributed by atoms with Crippen LogP contribution in [0.4, 0.5) is 10.5 Å². The fourth-order valence-corrected chi connectivity index (χ4v) is 2.47. The van der Waals surface area contributed by atoms with E-state index in [9.17, 15) is 14.9 Å². The van der Waals surface area contributed by atoms with E-state index in [1.807, 2.05) is 30.3 Å². The van der Waals surface area contributed by atoms with Crippen LogP contribution >= 0.6 is 0 Å². The summed E-state index contributed by atoms with van der Waals surface area (Å²) in [6.45, 7) is 0. The van der Waals surface area contributed by atoms with Gasteiger partial charge < -0.3 is 9.84 Å². The average Bonchev–Trinajstić information content (AvgIpc) is 2.55. The Balaban J connectivity index is 2.00. The molecule has 7 nitrogen and oxygen atoms in total. The van der Waals surface area contributed by atoms with Gasteiger partial charge in [0.2, 0.25) is 0 Å². The number of hydrogen-bond acceptors (Lipinski definition) is 5. The highest BCUT2D eigenvalue weighted by molar-refractivity contribution is 5.79. The Labute approximate surface area is 136 Å². The highest BCUT2D eigenvalue weighted by atomic mass is 16.7. The molecule has 3 aromatic rings. The zero-order valence-corrected chi connectivity index (χ0v) is 12.4. The summed E-state index contributed by atoms with van der Waals surface area (Å²) in [5.41, 5.74) is 2.01. The number of nitro benzene ring substituents is 1. The Morgan fingerprint density at radius 3 is 2.79 bits per heavy atom. The Morgan fingerprint density at radius 2 is 2.04 bits per heavy atom. The van der Waals surface area contributed by atoms with Crippen molar-refractivity contribution >= 4 is 22.7 Å². The van der Waals surface area contributed by atoms with Gasteiger partial charge in [-0.2, -0.15) is 0 Å². The normalized spacial score (nSPS) is 10.5. The van der Waals surface area contributed by atoms with Crippen LogP contribution in [0.2, 0.25) is 0 Å². The summed E-state index contributed by atoms with van der Waals surface area (Å²) in [4.78, 5) is 25.5. The molecule has 2 aromatic carbocycles. The molecule has 0 saturated heterocycles. The Morgan fingerprint density at radius 1 is 1.21 bits per heavy atom. The van der Waals surface area contributed by atoms with Crippen LogP contribution in [-0.4, -0.2) is 21.2 Å². The van der Waals surface area contributed by atoms with Crippen molar-refractivity contribution in [2.45, 2.75) is 6.42 Å². The molecular formula is C17H12N2O5. The van der Waals surface area contributed by atoms with Crippen LogP contribution in [0.5, 0.6) is 5.75 Å². The first-order valence-corrected chi connectivity index (χ1v) is 7.05. The van der Waals surface area contributed by atoms with E-state index < -0.39 is 11.1 Å². The molecule has 0 radical (unpaired) electrons. The van der Waals surface area contributed by atoms with Crippen LogP contribution in [0.3, 0.4) is 0 Å². The third kappa shape index (κ3) is 3.30. The molecule has 7 heteroatoms. The number of carboxylic acid groups (broad SMARTS) is 1. The minimum absolute atomic E-state index is 0.0828. The first-order chi connectivity index (χ1) is 11.5. The minimum atomic E-state index is -1.46. The summed E-state index contributed by atoms with van der Waals surface area (Å²) in [6, 6.07) is 13.2. The molecule has 0 aliphatic heterocycles. The lowest BCUT2D eigenvalue weighted by molar-refractivity contribution is -0.384. The van der Waals surface area contributed by atoms with Crippen LogP contribution < -0.4 is 4.74 Å². The van der Waals surface area contributed by atoms with Gasteiger partial charge in [-0.05, 0) is 29.8 Å². The molecule has 0 aliphatic carbocycles. The smallest absolute Gasteiger partial charge is 0.449 e. The molecule has 1 N–H and O–H groups in total. The van der Waals surface area contributed by atoms with Gasteiger partial charge >= 0.3 is 6.16 Å². The van der Waals surface area contributed by atoms with Crippen LogP contribution in [0.25, 0.3) is 10.9 Å². The molecule has 0 atom stereocenters. The molecule has 0 fully saturated rings. The monoisotopic (exact) mass is 324 g/mol. The molecule has 24 heavy (non-hydrogen) atoms. The van der Waals surface area contributed by atoms with E-state index in [0.717, 1.165) is 16.5 Å². The first-order valence-electron chi connectivity index (χ1n) is 7.05. The fraction of sp³-hybridized carbons (Fsp3) is 0.0588. The van der Waals surface area contributed by atoms with Gasteiger partial charge in [-0.3, -0.25) is 15.1 Å². The summed E-state index contributed by atoms with van der Waals surface area (Å²) in [5.74, 6) is 0.0828. The molecule has 0 saturated carbocycles. The van der Waals surface area contributed by atoms with Crippen molar-refractivity contribution in [2.75, 3.05) is 0 Å². The molecule has 0 aliphatic rings. The molecule has 0 unspecified atom stereocenters. The van der Waals surface area contributed by atoms with Crippen molar-refractivity contribution in [1.82, 2.24) is 4.98 Å². The molecule has 0 amide bonds. The van der Waals surface area contributed by atoms with Gasteiger partial charge in [0.05, 0.1) is 10.4 Å². The van der Waals surface area contributed by atoms with E-state index in [1.54, 1.807) is 6.20 Å². The zero-order chi connectivity index (χ0) is 17.1. The van der Waals surface area contributed by atoms with E-state index in [-0.39, 0.29) is 11.4 Å². The van der Waals surface area contributed by atoms with Crippen LogP contribution in [0, 0.1) is 10.1 Å². The van der Waals surface area contributed by atoms with Gasteiger partial charge in [-0.1, -0.05) is 12.1 Å². The number of hydrogen-bond donors (Lipinski definition) is 1. The largest absolute Gasteiger partial charge is 0.511 e. The number of ether oxygens (including phenoxy) is 1. The van der Waals surface area contributed by atoms with Crippen LogP contribution in [-0.2, 0) is 6.42 Å². The van der Waals surface area contributed by atoms with E-state index >= 15 is 0 Å². The van der Waals surface area contributed by atoms with E-state index in [0.29, 0.717) is 12.0 Å². The number of nitrogens with zero attached hydrogens (tertiary/aromatic N) is 2. The molecular weight excluding hydrogens is 312 g/mol. The third-order valence-electron chi connectivity index (χ3n) is 3.51. The molecule has 120 valence electrons. The quantitative estimate of drug-likeness (QED) is 0.339. The van der Waals surface area contributed by atoms with Gasteiger partial charge in [0, 0.05) is 35.7 Å². The number of aromatic nitrogens is 1. The standard InChI is InChI=1S/C17H12N2O5/c20-17(21)24-16-6-4-14(19(22)23)10-13(16)9-11-3-5-15-12(8-11)2-1-7-18-15/h1-8,10H,9H2,(H,20,21). The second kappa shape index (κ2) is 6.33. The predicted molar refractivity (Wildman–Crippen MR) is 86.3 cm³/mol.